The van der Waals surface area contributed by atoms with Gasteiger partial charge >= 0.3 is 0 Å². The molecule has 8 heteroatoms. The van der Waals surface area contributed by atoms with Crippen LogP contribution in [0.15, 0.2) is 59.6 Å². The number of hydrogen-bond donors (Lipinski definition) is 0. The Balaban J connectivity index is 1.45. The van der Waals surface area contributed by atoms with Crippen LogP contribution in [-0.2, 0) is 27.5 Å². The number of aliphatic imine (C=N–C) groups is 1. The lowest BCUT2D eigenvalue weighted by atomic mass is 10.1. The molecule has 0 spiro atoms. The highest BCUT2D eigenvalue weighted by atomic mass is 32.2. The molecule has 2 aliphatic rings. The molecular formula is C23H26N2O4S2. The molecule has 2 saturated heterocycles. The van der Waals surface area contributed by atoms with Crippen LogP contribution in [0.25, 0.3) is 0 Å². The van der Waals surface area contributed by atoms with Gasteiger partial charge in [-0.05, 0) is 36.1 Å². The van der Waals surface area contributed by atoms with Crippen molar-refractivity contribution in [3.05, 3.63) is 65.7 Å². The first kappa shape index (κ1) is 21.9. The number of amides is 1. The van der Waals surface area contributed by atoms with Crippen LogP contribution < -0.4 is 4.74 Å². The van der Waals surface area contributed by atoms with E-state index in [1.54, 1.807) is 7.11 Å². The Hall–Kier alpha value is -2.32. The molecule has 0 aliphatic carbocycles. The predicted octanol–water partition coefficient (Wildman–Crippen LogP) is 2.97. The van der Waals surface area contributed by atoms with E-state index in [0.717, 1.165) is 23.3 Å². The fourth-order valence-electron chi connectivity index (χ4n) is 4.00. The number of benzene rings is 2. The lowest BCUT2D eigenvalue weighted by molar-refractivity contribution is -0.117. The number of hydrogen-bond acceptors (Lipinski definition) is 5. The lowest BCUT2D eigenvalue weighted by Crippen LogP contribution is -2.39. The predicted molar refractivity (Wildman–Crippen MR) is 124 cm³/mol. The third-order valence-electron chi connectivity index (χ3n) is 5.67. The smallest absolute Gasteiger partial charge is 0.248 e. The van der Waals surface area contributed by atoms with Crippen LogP contribution in [0.3, 0.4) is 0 Å². The molecule has 2 atom stereocenters. The van der Waals surface area contributed by atoms with E-state index in [4.69, 9.17) is 4.74 Å². The van der Waals surface area contributed by atoms with E-state index >= 15 is 0 Å². The molecule has 31 heavy (non-hydrogen) atoms. The van der Waals surface area contributed by atoms with Crippen LogP contribution in [0, 0.1) is 0 Å². The van der Waals surface area contributed by atoms with E-state index in [9.17, 15) is 13.2 Å². The number of thioether (sulfide) groups is 1. The second-order valence-electron chi connectivity index (χ2n) is 7.87. The maximum Gasteiger partial charge on any atom is 0.248 e. The maximum atomic E-state index is 12.6. The Morgan fingerprint density at radius 2 is 1.77 bits per heavy atom. The second kappa shape index (κ2) is 9.44. The van der Waals surface area contributed by atoms with Crippen molar-refractivity contribution in [2.45, 2.75) is 30.6 Å². The molecule has 6 nitrogen and oxygen atoms in total. The Bertz CT molecular complexity index is 1050. The number of rotatable bonds is 7. The number of ether oxygens (including phenoxy) is 1. The van der Waals surface area contributed by atoms with E-state index in [1.807, 2.05) is 59.5 Å². The normalized spacial score (nSPS) is 23.1. The zero-order valence-corrected chi connectivity index (χ0v) is 19.1. The van der Waals surface area contributed by atoms with Crippen LogP contribution in [0.2, 0.25) is 0 Å². The topological polar surface area (TPSA) is 76.0 Å². The van der Waals surface area contributed by atoms with Crippen LogP contribution in [0.4, 0.5) is 0 Å². The van der Waals surface area contributed by atoms with Gasteiger partial charge < -0.3 is 9.64 Å². The van der Waals surface area contributed by atoms with Crippen molar-refractivity contribution in [2.75, 3.05) is 25.2 Å². The molecular weight excluding hydrogens is 432 g/mol. The van der Waals surface area contributed by atoms with Crippen molar-refractivity contribution >= 4 is 32.7 Å². The van der Waals surface area contributed by atoms with Gasteiger partial charge in [-0.2, -0.15) is 4.99 Å². The first-order valence-corrected chi connectivity index (χ1v) is 13.1. The average molecular weight is 459 g/mol. The van der Waals surface area contributed by atoms with Gasteiger partial charge in [-0.3, -0.25) is 4.79 Å². The molecule has 2 aromatic rings. The van der Waals surface area contributed by atoms with Crippen LogP contribution in [0.5, 0.6) is 5.75 Å². The van der Waals surface area contributed by atoms with Gasteiger partial charge in [-0.15, -0.1) is 0 Å². The second-order valence-corrected chi connectivity index (χ2v) is 11.2. The van der Waals surface area contributed by atoms with Crippen molar-refractivity contribution in [3.8, 4) is 5.75 Å². The van der Waals surface area contributed by atoms with Gasteiger partial charge in [0.1, 0.15) is 5.75 Å². The minimum Gasteiger partial charge on any atom is -0.497 e. The zero-order chi connectivity index (χ0) is 21.8. The molecule has 0 saturated carbocycles. The molecule has 4 rings (SSSR count). The third-order valence-corrected chi connectivity index (χ3v) is 8.91. The summed E-state index contributed by atoms with van der Waals surface area (Å²) in [5.74, 6) is 0.917. The standard InChI is InChI=1S/C23H26N2O4S2/c1-29-19-10-7-18(8-11-19)13-14-25-20-15-31(27,28)16-21(20)30-23(25)24-22(26)12-9-17-5-3-2-4-6-17/h2-8,10-11,20-21H,9,12-16H2,1H3. The van der Waals surface area contributed by atoms with Crippen LogP contribution in [0.1, 0.15) is 17.5 Å². The molecule has 0 bridgehead atoms. The van der Waals surface area contributed by atoms with Crippen molar-refractivity contribution in [1.82, 2.24) is 4.90 Å². The Kier molecular flexibility index (Phi) is 6.67. The van der Waals surface area contributed by atoms with Gasteiger partial charge in [0.15, 0.2) is 15.0 Å². The summed E-state index contributed by atoms with van der Waals surface area (Å²) in [6.45, 7) is 0.626. The number of carbonyl (C=O) groups excluding carboxylic acids is 1. The van der Waals surface area contributed by atoms with Gasteiger partial charge in [0.25, 0.3) is 0 Å². The van der Waals surface area contributed by atoms with E-state index in [-0.39, 0.29) is 28.7 Å². The van der Waals surface area contributed by atoms with E-state index < -0.39 is 9.84 Å². The zero-order valence-electron chi connectivity index (χ0n) is 17.4. The summed E-state index contributed by atoms with van der Waals surface area (Å²) in [5.41, 5.74) is 2.24. The molecule has 0 aromatic heterocycles. The van der Waals surface area contributed by atoms with Gasteiger partial charge in [0.2, 0.25) is 5.91 Å². The van der Waals surface area contributed by atoms with Gasteiger partial charge in [-0.25, -0.2) is 8.42 Å². The van der Waals surface area contributed by atoms with Crippen LogP contribution >= 0.6 is 11.8 Å². The largest absolute Gasteiger partial charge is 0.497 e. The SMILES string of the molecule is COc1ccc(CCN2C(=NC(=O)CCc3ccccc3)SC3CS(=O)(=O)CC32)cc1. The van der Waals surface area contributed by atoms with Crippen molar-refractivity contribution < 1.29 is 17.9 Å². The summed E-state index contributed by atoms with van der Waals surface area (Å²) < 4.78 is 29.5. The molecule has 1 amide bonds. The number of aryl methyl sites for hydroxylation is 1. The van der Waals surface area contributed by atoms with E-state index in [2.05, 4.69) is 4.99 Å². The lowest BCUT2D eigenvalue weighted by Gasteiger charge is -2.24. The fourth-order valence-corrected chi connectivity index (χ4v) is 7.99. The number of sulfone groups is 1. The maximum absolute atomic E-state index is 12.6. The number of nitrogens with zero attached hydrogens (tertiary/aromatic N) is 2. The van der Waals surface area contributed by atoms with Gasteiger partial charge in [0.05, 0.1) is 24.7 Å². The molecule has 2 aromatic carbocycles. The monoisotopic (exact) mass is 458 g/mol. The quantitative estimate of drug-likeness (QED) is 0.635. The fraction of sp³-hybridized carbons (Fsp3) is 0.391. The van der Waals surface area contributed by atoms with Crippen molar-refractivity contribution in [1.29, 1.82) is 0 Å². The summed E-state index contributed by atoms with van der Waals surface area (Å²) in [7, 11) is -1.41. The first-order valence-electron chi connectivity index (χ1n) is 10.4. The van der Waals surface area contributed by atoms with E-state index in [1.165, 1.54) is 11.8 Å². The summed E-state index contributed by atoms with van der Waals surface area (Å²) in [4.78, 5) is 19.0. The van der Waals surface area contributed by atoms with Gasteiger partial charge in [-0.1, -0.05) is 54.2 Å². The first-order chi connectivity index (χ1) is 14.9. The van der Waals surface area contributed by atoms with E-state index in [0.29, 0.717) is 24.6 Å². The Morgan fingerprint density at radius 3 is 2.48 bits per heavy atom. The summed E-state index contributed by atoms with van der Waals surface area (Å²) >= 11 is 1.44. The third kappa shape index (κ3) is 5.49. The summed E-state index contributed by atoms with van der Waals surface area (Å²) in [6.07, 6.45) is 1.73. The number of fused-ring (bicyclic) bond motifs is 1. The number of amidine groups is 1. The van der Waals surface area contributed by atoms with Crippen molar-refractivity contribution in [2.24, 2.45) is 4.99 Å². The number of carbonyl (C=O) groups is 1. The molecule has 2 aliphatic heterocycles. The summed E-state index contributed by atoms with van der Waals surface area (Å²) in [6, 6.07) is 17.6. The Labute approximate surface area is 187 Å². The molecule has 2 unspecified atom stereocenters. The van der Waals surface area contributed by atoms with Gasteiger partial charge in [0, 0.05) is 18.2 Å². The molecule has 164 valence electrons. The summed E-state index contributed by atoms with van der Waals surface area (Å²) in [5, 5.41) is 0.609. The Morgan fingerprint density at radius 1 is 1.06 bits per heavy atom. The molecule has 0 radical (unpaired) electrons. The van der Waals surface area contributed by atoms with Crippen LogP contribution in [-0.4, -0.2) is 60.8 Å². The number of methoxy groups -OCH3 is 1. The van der Waals surface area contributed by atoms with Crippen molar-refractivity contribution in [3.63, 3.8) is 0 Å². The highest BCUT2D eigenvalue weighted by Crippen LogP contribution is 2.38. The highest BCUT2D eigenvalue weighted by Gasteiger charge is 2.48. The molecule has 2 fully saturated rings. The highest BCUT2D eigenvalue weighted by molar-refractivity contribution is 8.15. The minimum atomic E-state index is -3.05. The minimum absolute atomic E-state index is 0.0541. The average Bonchev–Trinajstić information content (AvgIpc) is 3.22. The molecule has 0 N–H and O–H groups in total. The molecule has 2 heterocycles.